The van der Waals surface area contributed by atoms with Crippen LogP contribution in [-0.4, -0.2) is 26.3 Å². The molecule has 2 aromatic heterocycles. The van der Waals surface area contributed by atoms with Gasteiger partial charge in [0.1, 0.15) is 17.5 Å². The van der Waals surface area contributed by atoms with Crippen LogP contribution < -0.4 is 5.73 Å². The summed E-state index contributed by atoms with van der Waals surface area (Å²) in [6, 6.07) is 2.23. The number of hydrogen-bond acceptors (Lipinski definition) is 5. The highest BCUT2D eigenvalue weighted by molar-refractivity contribution is 5.78. The maximum atomic E-state index is 9.49. The van der Waals surface area contributed by atoms with E-state index in [-0.39, 0.29) is 6.47 Å². The van der Waals surface area contributed by atoms with Gasteiger partial charge in [-0.1, -0.05) is 13.3 Å². The van der Waals surface area contributed by atoms with Crippen molar-refractivity contribution < 1.29 is 9.90 Å². The Kier molecular flexibility index (Phi) is 5.53. The first-order valence-corrected chi connectivity index (χ1v) is 7.83. The van der Waals surface area contributed by atoms with Gasteiger partial charge in [-0.3, -0.25) is 9.48 Å². The number of carboxylic acid groups (broad SMARTS) is 1. The molecule has 1 unspecified atom stereocenters. The third-order valence-corrected chi connectivity index (χ3v) is 4.38. The number of nitriles is 1. The second-order valence-electron chi connectivity index (χ2n) is 5.81. The summed E-state index contributed by atoms with van der Waals surface area (Å²) >= 11 is 0. The Labute approximate surface area is 140 Å². The van der Waals surface area contributed by atoms with Crippen molar-refractivity contribution in [2.24, 2.45) is 13.0 Å². The average molecular weight is 327 g/mol. The Bertz CT molecular complexity index is 776. The number of nitrogen functional groups attached to an aromatic ring is 1. The Balaban J connectivity index is 0.000000647. The summed E-state index contributed by atoms with van der Waals surface area (Å²) in [6.07, 6.45) is 7.94. The molecule has 0 saturated carbocycles. The molecule has 1 aliphatic carbocycles. The summed E-state index contributed by atoms with van der Waals surface area (Å²) in [5.74, 6) is 0.995. The van der Waals surface area contributed by atoms with Crippen LogP contribution in [0.1, 0.15) is 36.6 Å². The lowest BCUT2D eigenvalue weighted by Gasteiger charge is -2.26. The predicted molar refractivity (Wildman–Crippen MR) is 90.1 cm³/mol. The van der Waals surface area contributed by atoms with Crippen LogP contribution in [0.3, 0.4) is 0 Å². The minimum atomic E-state index is -0.250. The first-order valence-electron chi connectivity index (χ1n) is 7.83. The van der Waals surface area contributed by atoms with Gasteiger partial charge in [0, 0.05) is 30.1 Å². The van der Waals surface area contributed by atoms with E-state index in [2.05, 4.69) is 23.1 Å². The van der Waals surface area contributed by atoms with Crippen LogP contribution in [0, 0.1) is 17.2 Å². The van der Waals surface area contributed by atoms with E-state index in [9.17, 15) is 5.26 Å². The molecule has 0 spiro atoms. The van der Waals surface area contributed by atoms with E-state index in [4.69, 9.17) is 15.6 Å². The van der Waals surface area contributed by atoms with Crippen molar-refractivity contribution >= 4 is 12.3 Å². The fraction of sp³-hybridized carbons (Fsp3) is 0.412. The molecular weight excluding hydrogens is 306 g/mol. The lowest BCUT2D eigenvalue weighted by Crippen LogP contribution is -2.18. The number of hydrogen-bond donors (Lipinski definition) is 2. The molecule has 2 aromatic rings. The van der Waals surface area contributed by atoms with E-state index in [0.29, 0.717) is 17.3 Å². The van der Waals surface area contributed by atoms with Gasteiger partial charge in [0.15, 0.2) is 0 Å². The molecule has 0 aliphatic heterocycles. The van der Waals surface area contributed by atoms with E-state index >= 15 is 0 Å². The lowest BCUT2D eigenvalue weighted by molar-refractivity contribution is -0.122. The van der Waals surface area contributed by atoms with Gasteiger partial charge in [-0.25, -0.2) is 4.98 Å². The fourth-order valence-corrected chi connectivity index (χ4v) is 3.18. The van der Waals surface area contributed by atoms with Crippen LogP contribution in [0.4, 0.5) is 5.82 Å². The molecule has 1 aliphatic rings. The van der Waals surface area contributed by atoms with Crippen LogP contribution in [0.5, 0.6) is 0 Å². The molecule has 0 bridgehead atoms. The Morgan fingerprint density at radius 3 is 2.83 bits per heavy atom. The highest BCUT2D eigenvalue weighted by Crippen LogP contribution is 2.37. The molecule has 0 aromatic carbocycles. The predicted octanol–water partition coefficient (Wildman–Crippen LogP) is 2.15. The number of nitrogens with zero attached hydrogens (tertiary/aromatic N) is 4. The van der Waals surface area contributed by atoms with E-state index in [1.165, 1.54) is 5.56 Å². The number of pyridine rings is 1. The second-order valence-corrected chi connectivity index (χ2v) is 5.81. The monoisotopic (exact) mass is 327 g/mol. The minimum absolute atomic E-state index is 0.250. The van der Waals surface area contributed by atoms with Gasteiger partial charge in [0.05, 0.1) is 6.20 Å². The van der Waals surface area contributed by atoms with E-state index in [1.54, 1.807) is 10.9 Å². The normalized spacial score (nSPS) is 15.6. The fourth-order valence-electron chi connectivity index (χ4n) is 3.18. The minimum Gasteiger partial charge on any atom is -0.483 e. The van der Waals surface area contributed by atoms with Gasteiger partial charge >= 0.3 is 0 Å². The second kappa shape index (κ2) is 7.59. The third-order valence-electron chi connectivity index (χ3n) is 4.38. The number of aromatic nitrogens is 3. The lowest BCUT2D eigenvalue weighted by atomic mass is 9.81. The molecule has 0 fully saturated rings. The number of rotatable bonds is 2. The summed E-state index contributed by atoms with van der Waals surface area (Å²) in [6.45, 7) is 1.97. The van der Waals surface area contributed by atoms with Crippen molar-refractivity contribution in [3.63, 3.8) is 0 Å². The molecule has 7 heteroatoms. The number of fused-ring (bicyclic) bond motifs is 1. The van der Waals surface area contributed by atoms with E-state index in [1.807, 2.05) is 13.2 Å². The molecule has 126 valence electrons. The Morgan fingerprint density at radius 2 is 2.29 bits per heavy atom. The quantitative estimate of drug-likeness (QED) is 0.816. The molecule has 7 nitrogen and oxygen atoms in total. The maximum Gasteiger partial charge on any atom is 0.290 e. The largest absolute Gasteiger partial charge is 0.483 e. The van der Waals surface area contributed by atoms with Crippen LogP contribution in [0.25, 0.3) is 11.1 Å². The van der Waals surface area contributed by atoms with Gasteiger partial charge in [0.2, 0.25) is 0 Å². The topological polar surface area (TPSA) is 118 Å². The van der Waals surface area contributed by atoms with E-state index < -0.39 is 0 Å². The molecule has 0 radical (unpaired) electrons. The van der Waals surface area contributed by atoms with Crippen molar-refractivity contribution in [1.29, 1.82) is 5.26 Å². The van der Waals surface area contributed by atoms with Crippen molar-refractivity contribution in [3.05, 3.63) is 29.2 Å². The molecule has 0 amide bonds. The summed E-state index contributed by atoms with van der Waals surface area (Å²) in [5, 5.41) is 20.6. The highest BCUT2D eigenvalue weighted by Gasteiger charge is 2.26. The van der Waals surface area contributed by atoms with Gasteiger partial charge in [-0.05, 0) is 30.7 Å². The van der Waals surface area contributed by atoms with Crippen LogP contribution in [0.2, 0.25) is 0 Å². The maximum absolute atomic E-state index is 9.49. The summed E-state index contributed by atoms with van der Waals surface area (Å²) in [7, 11) is 1.88. The summed E-state index contributed by atoms with van der Waals surface area (Å²) < 4.78 is 1.75. The molecule has 24 heavy (non-hydrogen) atoms. The van der Waals surface area contributed by atoms with E-state index in [0.717, 1.165) is 42.5 Å². The molecular formula is C17H21N5O2. The zero-order valence-electron chi connectivity index (χ0n) is 13.9. The van der Waals surface area contributed by atoms with Gasteiger partial charge in [-0.15, -0.1) is 0 Å². The van der Waals surface area contributed by atoms with Gasteiger partial charge in [-0.2, -0.15) is 10.4 Å². The number of carbonyl (C=O) groups is 1. The molecule has 0 saturated heterocycles. The number of nitrogens with two attached hydrogens (primary N) is 1. The Hall–Kier alpha value is -2.88. The summed E-state index contributed by atoms with van der Waals surface area (Å²) in [4.78, 5) is 12.8. The molecule has 1 atom stereocenters. The molecule has 3 N–H and O–H groups in total. The number of aryl methyl sites for hydroxylation is 2. The average Bonchev–Trinajstić information content (AvgIpc) is 3.00. The SMILES string of the molecule is CCC1CCc2nc(N)c(C#N)c(-c3cnn(C)c3)c2C1.O=CO. The smallest absolute Gasteiger partial charge is 0.290 e. The first-order chi connectivity index (χ1) is 11.5. The molecule has 3 rings (SSSR count). The van der Waals surface area contributed by atoms with Gasteiger partial charge in [0.25, 0.3) is 6.47 Å². The van der Waals surface area contributed by atoms with Gasteiger partial charge < -0.3 is 10.8 Å². The highest BCUT2D eigenvalue weighted by atomic mass is 16.3. The van der Waals surface area contributed by atoms with Crippen molar-refractivity contribution in [1.82, 2.24) is 14.8 Å². The summed E-state index contributed by atoms with van der Waals surface area (Å²) in [5.41, 5.74) is 10.6. The number of anilines is 1. The third kappa shape index (κ3) is 3.38. The van der Waals surface area contributed by atoms with Crippen molar-refractivity contribution in [2.75, 3.05) is 5.73 Å². The molecule has 2 heterocycles. The van der Waals surface area contributed by atoms with Crippen LogP contribution >= 0.6 is 0 Å². The van der Waals surface area contributed by atoms with Crippen LogP contribution in [-0.2, 0) is 24.7 Å². The Morgan fingerprint density at radius 1 is 1.58 bits per heavy atom. The zero-order chi connectivity index (χ0) is 17.7. The zero-order valence-corrected chi connectivity index (χ0v) is 13.9. The standard InChI is InChI=1S/C16H19N5.CH2O2/c1-3-10-4-5-14-12(6-10)15(11-8-19-21(2)9-11)13(7-17)16(18)20-14;2-1-3/h8-10H,3-6H2,1-2H3,(H2,18,20);1H,(H,2,3). The van der Waals surface area contributed by atoms with Crippen molar-refractivity contribution in [2.45, 2.75) is 32.6 Å². The first kappa shape index (κ1) is 17.5. The van der Waals surface area contributed by atoms with Crippen molar-refractivity contribution in [3.8, 4) is 17.2 Å². The van der Waals surface area contributed by atoms with Crippen LogP contribution in [0.15, 0.2) is 12.4 Å².